The van der Waals surface area contributed by atoms with E-state index in [2.05, 4.69) is 26.8 Å². The summed E-state index contributed by atoms with van der Waals surface area (Å²) in [5, 5.41) is 0. The van der Waals surface area contributed by atoms with Crippen LogP contribution in [0, 0.1) is 12.3 Å². The summed E-state index contributed by atoms with van der Waals surface area (Å²) >= 11 is 4.76. The molecule has 2 aromatic carbocycles. The Morgan fingerprint density at radius 3 is 2.75 bits per heavy atom. The van der Waals surface area contributed by atoms with Gasteiger partial charge in [-0.1, -0.05) is 33.2 Å². The molecule has 0 spiro atoms. The Labute approximate surface area is 151 Å². The zero-order valence-corrected chi connectivity index (χ0v) is 15.2. The number of benzene rings is 2. The summed E-state index contributed by atoms with van der Waals surface area (Å²) in [5.74, 6) is 3.07. The first-order valence-electron chi connectivity index (χ1n) is 7.08. The third-order valence-electron chi connectivity index (χ3n) is 3.43. The predicted molar refractivity (Wildman–Crippen MR) is 99.2 cm³/mol. The molecule has 1 aromatic heterocycles. The first kappa shape index (κ1) is 16.5. The molecular weight excluding hydrogens is 388 g/mol. The summed E-state index contributed by atoms with van der Waals surface area (Å²) in [4.78, 5) is 17.3. The summed E-state index contributed by atoms with van der Waals surface area (Å²) in [6, 6.07) is 12.8. The van der Waals surface area contributed by atoms with Gasteiger partial charge in [0.25, 0.3) is 5.91 Å². The van der Waals surface area contributed by atoms with Gasteiger partial charge in [0.05, 0.1) is 23.9 Å². The summed E-state index contributed by atoms with van der Waals surface area (Å²) in [6.07, 6.45) is 5.47. The molecule has 24 heavy (non-hydrogen) atoms. The minimum absolute atomic E-state index is 0.299. The van der Waals surface area contributed by atoms with Crippen molar-refractivity contribution in [1.29, 1.82) is 0 Å². The van der Waals surface area contributed by atoms with Crippen LogP contribution in [0.2, 0.25) is 0 Å². The van der Waals surface area contributed by atoms with Crippen molar-refractivity contribution < 1.29 is 9.53 Å². The van der Waals surface area contributed by atoms with E-state index in [0.717, 1.165) is 20.4 Å². The van der Waals surface area contributed by atoms with Crippen LogP contribution >= 0.6 is 27.3 Å². The number of rotatable bonds is 3. The molecular formula is C18H13BrN2O2S. The number of ether oxygens (including phenoxy) is 1. The second-order valence-electron chi connectivity index (χ2n) is 4.93. The number of carbonyl (C=O) groups excluding carboxylic acids is 1. The molecule has 1 heterocycles. The Morgan fingerprint density at radius 1 is 1.33 bits per heavy atom. The molecule has 0 aliphatic rings. The minimum atomic E-state index is -0.299. The van der Waals surface area contributed by atoms with Crippen molar-refractivity contribution in [2.45, 2.75) is 6.54 Å². The number of thiazole rings is 1. The fourth-order valence-electron chi connectivity index (χ4n) is 2.25. The number of terminal acetylenes is 1. The smallest absolute Gasteiger partial charge is 0.279 e. The summed E-state index contributed by atoms with van der Waals surface area (Å²) in [5.41, 5.74) is 1.46. The molecule has 0 fully saturated rings. The lowest BCUT2D eigenvalue weighted by Crippen LogP contribution is -2.16. The van der Waals surface area contributed by atoms with Gasteiger partial charge in [-0.3, -0.25) is 4.79 Å². The molecule has 0 atom stereocenters. The molecule has 120 valence electrons. The van der Waals surface area contributed by atoms with Crippen molar-refractivity contribution in [1.82, 2.24) is 4.57 Å². The van der Waals surface area contributed by atoms with E-state index in [1.54, 1.807) is 19.2 Å². The third-order valence-corrected chi connectivity index (χ3v) is 5.00. The number of carbonyl (C=O) groups is 1. The quantitative estimate of drug-likeness (QED) is 0.626. The number of halogens is 1. The number of nitrogens with zero attached hydrogens (tertiary/aromatic N) is 2. The van der Waals surface area contributed by atoms with E-state index in [1.807, 2.05) is 34.9 Å². The van der Waals surface area contributed by atoms with Crippen LogP contribution in [0.25, 0.3) is 10.2 Å². The van der Waals surface area contributed by atoms with Crippen molar-refractivity contribution in [2.24, 2.45) is 4.99 Å². The van der Waals surface area contributed by atoms with E-state index < -0.39 is 0 Å². The van der Waals surface area contributed by atoms with Gasteiger partial charge in [0, 0.05) is 10.0 Å². The maximum atomic E-state index is 12.4. The molecule has 0 aliphatic carbocycles. The molecule has 4 nitrogen and oxygen atoms in total. The van der Waals surface area contributed by atoms with Gasteiger partial charge < -0.3 is 9.30 Å². The van der Waals surface area contributed by atoms with Gasteiger partial charge in [-0.25, -0.2) is 0 Å². The lowest BCUT2D eigenvalue weighted by molar-refractivity contribution is 0.0998. The van der Waals surface area contributed by atoms with Crippen LogP contribution in [-0.4, -0.2) is 17.6 Å². The Balaban J connectivity index is 2.13. The Hall–Kier alpha value is -2.36. The van der Waals surface area contributed by atoms with Gasteiger partial charge in [0.15, 0.2) is 4.80 Å². The number of fused-ring (bicyclic) bond motifs is 1. The normalized spacial score (nSPS) is 11.5. The summed E-state index contributed by atoms with van der Waals surface area (Å²) in [6.45, 7) is 0.346. The highest BCUT2D eigenvalue weighted by Crippen LogP contribution is 2.23. The molecule has 0 unspecified atom stereocenters. The van der Waals surface area contributed by atoms with Crippen LogP contribution in [0.5, 0.6) is 5.75 Å². The molecule has 0 radical (unpaired) electrons. The van der Waals surface area contributed by atoms with Crippen LogP contribution in [0.1, 0.15) is 10.4 Å². The van der Waals surface area contributed by atoms with Crippen LogP contribution in [0.4, 0.5) is 0 Å². The van der Waals surface area contributed by atoms with Crippen LogP contribution in [0.3, 0.4) is 0 Å². The fourth-order valence-corrected chi connectivity index (χ4v) is 3.57. The summed E-state index contributed by atoms with van der Waals surface area (Å²) < 4.78 is 8.98. The van der Waals surface area contributed by atoms with Gasteiger partial charge in [0.1, 0.15) is 5.75 Å². The zero-order valence-electron chi connectivity index (χ0n) is 12.8. The van der Waals surface area contributed by atoms with E-state index in [4.69, 9.17) is 11.2 Å². The molecule has 0 bridgehead atoms. The molecule has 1 amide bonds. The Morgan fingerprint density at radius 2 is 2.08 bits per heavy atom. The fraction of sp³-hybridized carbons (Fsp3) is 0.111. The molecule has 0 saturated heterocycles. The number of hydrogen-bond acceptors (Lipinski definition) is 3. The number of methoxy groups -OCH3 is 1. The van der Waals surface area contributed by atoms with Crippen molar-refractivity contribution >= 4 is 43.4 Å². The highest BCUT2D eigenvalue weighted by atomic mass is 79.9. The number of hydrogen-bond donors (Lipinski definition) is 0. The summed E-state index contributed by atoms with van der Waals surface area (Å²) in [7, 11) is 1.62. The number of amides is 1. The first-order chi connectivity index (χ1) is 11.6. The molecule has 0 N–H and O–H groups in total. The largest absolute Gasteiger partial charge is 0.497 e. The highest BCUT2D eigenvalue weighted by Gasteiger charge is 2.09. The molecule has 6 heteroatoms. The van der Waals surface area contributed by atoms with Crippen LogP contribution < -0.4 is 9.54 Å². The molecule has 0 aliphatic heterocycles. The third kappa shape index (κ3) is 3.28. The van der Waals surface area contributed by atoms with Gasteiger partial charge in [-0.2, -0.15) is 4.99 Å². The molecule has 3 rings (SSSR count). The highest BCUT2D eigenvalue weighted by molar-refractivity contribution is 9.10. The van der Waals surface area contributed by atoms with Gasteiger partial charge in [0.2, 0.25) is 0 Å². The van der Waals surface area contributed by atoms with Gasteiger partial charge in [-0.15, -0.1) is 6.42 Å². The lowest BCUT2D eigenvalue weighted by Gasteiger charge is -2.01. The monoisotopic (exact) mass is 400 g/mol. The van der Waals surface area contributed by atoms with E-state index in [9.17, 15) is 4.79 Å². The minimum Gasteiger partial charge on any atom is -0.497 e. The second-order valence-corrected chi connectivity index (χ2v) is 6.86. The average Bonchev–Trinajstić information content (AvgIpc) is 2.92. The van der Waals surface area contributed by atoms with Crippen molar-refractivity contribution in [3.05, 3.63) is 57.3 Å². The lowest BCUT2D eigenvalue weighted by atomic mass is 10.2. The second kappa shape index (κ2) is 7.04. The number of aromatic nitrogens is 1. The predicted octanol–water partition coefficient (Wildman–Crippen LogP) is 3.85. The van der Waals surface area contributed by atoms with Crippen molar-refractivity contribution in [3.63, 3.8) is 0 Å². The Kier molecular flexibility index (Phi) is 4.84. The van der Waals surface area contributed by atoms with E-state index in [0.29, 0.717) is 16.9 Å². The van der Waals surface area contributed by atoms with E-state index in [1.165, 1.54) is 11.3 Å². The van der Waals surface area contributed by atoms with Crippen molar-refractivity contribution in [2.75, 3.05) is 7.11 Å². The maximum absolute atomic E-state index is 12.4. The first-order valence-corrected chi connectivity index (χ1v) is 8.69. The molecule has 0 saturated carbocycles. The standard InChI is InChI=1S/C18H13BrN2O2S/c1-3-10-21-15-9-8-14(23-2)11-16(15)24-18(21)20-17(22)12-4-6-13(19)7-5-12/h1,4-9,11H,10H2,2H3. The van der Waals surface area contributed by atoms with E-state index >= 15 is 0 Å². The van der Waals surface area contributed by atoms with Crippen LogP contribution in [0.15, 0.2) is 51.9 Å². The van der Waals surface area contributed by atoms with E-state index in [-0.39, 0.29) is 5.91 Å². The average molecular weight is 401 g/mol. The van der Waals surface area contributed by atoms with Gasteiger partial charge >= 0.3 is 0 Å². The topological polar surface area (TPSA) is 43.6 Å². The van der Waals surface area contributed by atoms with Crippen LogP contribution in [-0.2, 0) is 6.54 Å². The Bertz CT molecular complexity index is 1010. The van der Waals surface area contributed by atoms with Gasteiger partial charge in [-0.05, 0) is 42.5 Å². The zero-order chi connectivity index (χ0) is 17.1. The molecule has 3 aromatic rings. The van der Waals surface area contributed by atoms with Crippen molar-refractivity contribution in [3.8, 4) is 18.1 Å². The SMILES string of the molecule is C#CCn1c(=NC(=O)c2ccc(Br)cc2)sc2cc(OC)ccc21. The maximum Gasteiger partial charge on any atom is 0.279 e.